The Morgan fingerprint density at radius 2 is 1.89 bits per heavy atom. The largest absolute Gasteiger partial charge is 0.481 e. The maximum absolute atomic E-state index is 11.3. The van der Waals surface area contributed by atoms with Crippen LogP contribution < -0.4 is 5.32 Å². The first-order chi connectivity index (χ1) is 8.56. The number of benzene rings is 1. The van der Waals surface area contributed by atoms with E-state index in [0.717, 1.165) is 12.0 Å². The van der Waals surface area contributed by atoms with Crippen molar-refractivity contribution >= 4 is 5.97 Å². The van der Waals surface area contributed by atoms with Crippen LogP contribution in [0, 0.1) is 5.92 Å². The van der Waals surface area contributed by atoms with Gasteiger partial charge < -0.3 is 10.4 Å². The van der Waals surface area contributed by atoms with Crippen molar-refractivity contribution in [2.75, 3.05) is 6.54 Å². The lowest BCUT2D eigenvalue weighted by Gasteiger charge is -2.23. The van der Waals surface area contributed by atoms with E-state index in [2.05, 4.69) is 26.1 Å². The van der Waals surface area contributed by atoms with Crippen LogP contribution in [0.5, 0.6) is 0 Å². The SMILES string of the molecule is CCC(NCC(C(=O)O)c1ccccc1)C(C)C. The second-order valence-corrected chi connectivity index (χ2v) is 4.97. The number of carbonyl (C=O) groups is 1. The van der Waals surface area contributed by atoms with Crippen molar-refractivity contribution in [1.29, 1.82) is 0 Å². The Labute approximate surface area is 109 Å². The molecule has 0 aliphatic heterocycles. The molecular formula is C15H23NO2. The predicted molar refractivity (Wildman–Crippen MR) is 73.7 cm³/mol. The van der Waals surface area contributed by atoms with Crippen LogP contribution in [-0.2, 0) is 4.79 Å². The molecule has 2 N–H and O–H groups in total. The Morgan fingerprint density at radius 3 is 2.33 bits per heavy atom. The monoisotopic (exact) mass is 249 g/mol. The lowest BCUT2D eigenvalue weighted by Crippen LogP contribution is -2.37. The second-order valence-electron chi connectivity index (χ2n) is 4.97. The van der Waals surface area contributed by atoms with E-state index in [0.29, 0.717) is 18.5 Å². The smallest absolute Gasteiger partial charge is 0.312 e. The highest BCUT2D eigenvalue weighted by Gasteiger charge is 2.21. The molecule has 0 aromatic heterocycles. The quantitative estimate of drug-likeness (QED) is 0.781. The maximum Gasteiger partial charge on any atom is 0.312 e. The van der Waals surface area contributed by atoms with Gasteiger partial charge in [-0.15, -0.1) is 0 Å². The summed E-state index contributed by atoms with van der Waals surface area (Å²) in [6.07, 6.45) is 1.01. The standard InChI is InChI=1S/C15H23NO2/c1-4-14(11(2)3)16-10-13(15(17)18)12-8-6-5-7-9-12/h5-9,11,13-14,16H,4,10H2,1-3H3,(H,17,18). The molecule has 2 atom stereocenters. The normalized spacial score (nSPS) is 14.4. The first-order valence-electron chi connectivity index (χ1n) is 6.57. The molecule has 2 unspecified atom stereocenters. The molecular weight excluding hydrogens is 226 g/mol. The molecule has 1 rings (SSSR count). The number of rotatable bonds is 7. The number of carboxylic acids is 1. The average molecular weight is 249 g/mol. The van der Waals surface area contributed by atoms with Gasteiger partial charge in [0.05, 0.1) is 5.92 Å². The maximum atomic E-state index is 11.3. The first kappa shape index (κ1) is 14.7. The van der Waals surface area contributed by atoms with Crippen molar-refractivity contribution in [3.8, 4) is 0 Å². The van der Waals surface area contributed by atoms with Crippen molar-refractivity contribution in [2.24, 2.45) is 5.92 Å². The molecule has 3 heteroatoms. The van der Waals surface area contributed by atoms with E-state index in [4.69, 9.17) is 0 Å². The summed E-state index contributed by atoms with van der Waals surface area (Å²) in [5.74, 6) is -0.730. The molecule has 100 valence electrons. The molecule has 0 spiro atoms. The van der Waals surface area contributed by atoms with Crippen molar-refractivity contribution in [3.63, 3.8) is 0 Å². The summed E-state index contributed by atoms with van der Waals surface area (Å²) in [6.45, 7) is 6.91. The molecule has 3 nitrogen and oxygen atoms in total. The fourth-order valence-electron chi connectivity index (χ4n) is 2.15. The Bertz CT molecular complexity index is 362. The summed E-state index contributed by atoms with van der Waals surface area (Å²) in [5, 5.41) is 12.7. The topological polar surface area (TPSA) is 49.3 Å². The molecule has 0 heterocycles. The highest BCUT2D eigenvalue weighted by molar-refractivity contribution is 5.76. The summed E-state index contributed by atoms with van der Waals surface area (Å²) >= 11 is 0. The molecule has 0 bridgehead atoms. The fourth-order valence-corrected chi connectivity index (χ4v) is 2.15. The zero-order valence-corrected chi connectivity index (χ0v) is 11.4. The van der Waals surface area contributed by atoms with Crippen molar-refractivity contribution < 1.29 is 9.90 Å². The second kappa shape index (κ2) is 7.17. The average Bonchev–Trinajstić information content (AvgIpc) is 2.35. The highest BCUT2D eigenvalue weighted by atomic mass is 16.4. The van der Waals surface area contributed by atoms with Gasteiger partial charge in [0.15, 0.2) is 0 Å². The molecule has 0 saturated carbocycles. The van der Waals surface area contributed by atoms with Gasteiger partial charge in [0, 0.05) is 12.6 Å². The summed E-state index contributed by atoms with van der Waals surface area (Å²) in [4.78, 5) is 11.3. The third kappa shape index (κ3) is 4.15. The summed E-state index contributed by atoms with van der Waals surface area (Å²) < 4.78 is 0. The molecule has 0 aliphatic carbocycles. The van der Waals surface area contributed by atoms with Crippen molar-refractivity contribution in [3.05, 3.63) is 35.9 Å². The summed E-state index contributed by atoms with van der Waals surface area (Å²) in [6, 6.07) is 9.78. The lowest BCUT2D eigenvalue weighted by atomic mass is 9.97. The van der Waals surface area contributed by atoms with E-state index in [1.807, 2.05) is 30.3 Å². The third-order valence-corrected chi connectivity index (χ3v) is 3.33. The molecule has 0 aliphatic rings. The van der Waals surface area contributed by atoms with E-state index < -0.39 is 11.9 Å². The van der Waals surface area contributed by atoms with Gasteiger partial charge in [0.25, 0.3) is 0 Å². The van der Waals surface area contributed by atoms with Gasteiger partial charge >= 0.3 is 5.97 Å². The van der Waals surface area contributed by atoms with Gasteiger partial charge in [0.2, 0.25) is 0 Å². The van der Waals surface area contributed by atoms with Crippen LogP contribution in [0.2, 0.25) is 0 Å². The van der Waals surface area contributed by atoms with Gasteiger partial charge in [-0.3, -0.25) is 4.79 Å². The van der Waals surface area contributed by atoms with Crippen LogP contribution in [-0.4, -0.2) is 23.7 Å². The number of aliphatic carboxylic acids is 1. The Hall–Kier alpha value is -1.35. The van der Waals surface area contributed by atoms with Crippen molar-refractivity contribution in [2.45, 2.75) is 39.2 Å². The predicted octanol–water partition coefficient (Wildman–Crippen LogP) is 2.88. The molecule has 0 amide bonds. The van der Waals surface area contributed by atoms with Crippen LogP contribution in [0.15, 0.2) is 30.3 Å². The molecule has 18 heavy (non-hydrogen) atoms. The number of nitrogens with one attached hydrogen (secondary N) is 1. The van der Waals surface area contributed by atoms with E-state index in [1.54, 1.807) is 0 Å². The minimum absolute atomic E-state index is 0.371. The molecule has 0 fully saturated rings. The van der Waals surface area contributed by atoms with Gasteiger partial charge in [-0.1, -0.05) is 51.1 Å². The number of hydrogen-bond acceptors (Lipinski definition) is 2. The van der Waals surface area contributed by atoms with Gasteiger partial charge in [-0.25, -0.2) is 0 Å². The number of carboxylic acid groups (broad SMARTS) is 1. The Morgan fingerprint density at radius 1 is 1.28 bits per heavy atom. The van der Waals surface area contributed by atoms with E-state index in [9.17, 15) is 9.90 Å². The van der Waals surface area contributed by atoms with Gasteiger partial charge in [-0.2, -0.15) is 0 Å². The van der Waals surface area contributed by atoms with E-state index in [-0.39, 0.29) is 0 Å². The fraction of sp³-hybridized carbons (Fsp3) is 0.533. The molecule has 1 aromatic rings. The third-order valence-electron chi connectivity index (χ3n) is 3.33. The van der Waals surface area contributed by atoms with Crippen LogP contribution in [0.4, 0.5) is 0 Å². The Balaban J connectivity index is 2.68. The van der Waals surface area contributed by atoms with Gasteiger partial charge in [0.1, 0.15) is 0 Å². The zero-order valence-electron chi connectivity index (χ0n) is 11.4. The van der Waals surface area contributed by atoms with E-state index in [1.165, 1.54) is 0 Å². The van der Waals surface area contributed by atoms with Crippen LogP contribution in [0.3, 0.4) is 0 Å². The minimum Gasteiger partial charge on any atom is -0.481 e. The van der Waals surface area contributed by atoms with Gasteiger partial charge in [-0.05, 0) is 17.9 Å². The minimum atomic E-state index is -0.771. The first-order valence-corrected chi connectivity index (χ1v) is 6.57. The summed E-state index contributed by atoms with van der Waals surface area (Å²) in [5.41, 5.74) is 0.858. The summed E-state index contributed by atoms with van der Waals surface area (Å²) in [7, 11) is 0. The number of hydrogen-bond donors (Lipinski definition) is 2. The van der Waals surface area contributed by atoms with Crippen LogP contribution in [0.1, 0.15) is 38.7 Å². The van der Waals surface area contributed by atoms with Crippen molar-refractivity contribution in [1.82, 2.24) is 5.32 Å². The van der Waals surface area contributed by atoms with Crippen LogP contribution >= 0.6 is 0 Å². The van der Waals surface area contributed by atoms with Crippen LogP contribution in [0.25, 0.3) is 0 Å². The molecule has 0 saturated heterocycles. The lowest BCUT2D eigenvalue weighted by molar-refractivity contribution is -0.138. The van der Waals surface area contributed by atoms with E-state index >= 15 is 0 Å². The molecule has 0 radical (unpaired) electrons. The zero-order chi connectivity index (χ0) is 13.5. The highest BCUT2D eigenvalue weighted by Crippen LogP contribution is 2.16. The Kier molecular flexibility index (Phi) is 5.86. The molecule has 1 aromatic carbocycles.